The van der Waals surface area contributed by atoms with Crippen LogP contribution in [0, 0.1) is 24.5 Å². The van der Waals surface area contributed by atoms with Gasteiger partial charge in [-0.1, -0.05) is 26.1 Å². The summed E-state index contributed by atoms with van der Waals surface area (Å²) in [6, 6.07) is 1.98. The van der Waals surface area contributed by atoms with Gasteiger partial charge in [0.2, 0.25) is 0 Å². The minimum Gasteiger partial charge on any atom is -0.393 e. The van der Waals surface area contributed by atoms with Crippen molar-refractivity contribution in [1.29, 1.82) is 0 Å². The maximum absolute atomic E-state index is 13.8. The molecule has 2 N–H and O–H groups in total. The van der Waals surface area contributed by atoms with Crippen LogP contribution in [0.25, 0.3) is 0 Å². The van der Waals surface area contributed by atoms with E-state index in [1.54, 1.807) is 0 Å². The quantitative estimate of drug-likeness (QED) is 0.821. The number of carbonyl (C=O) groups excluding carboxylic acids is 1. The van der Waals surface area contributed by atoms with Crippen LogP contribution in [-0.4, -0.2) is 28.9 Å². The van der Waals surface area contributed by atoms with Crippen LogP contribution in [0.5, 0.6) is 0 Å². The zero-order valence-corrected chi connectivity index (χ0v) is 13.3. The molecule has 1 amide bonds. The predicted octanol–water partition coefficient (Wildman–Crippen LogP) is 3.05. The van der Waals surface area contributed by atoms with Gasteiger partial charge < -0.3 is 10.6 Å². The van der Waals surface area contributed by atoms with Gasteiger partial charge in [0.1, 0.15) is 11.6 Å². The fourth-order valence-electron chi connectivity index (χ4n) is 1.95. The van der Waals surface area contributed by atoms with E-state index in [0.29, 0.717) is 24.5 Å². The summed E-state index contributed by atoms with van der Waals surface area (Å²) in [6.45, 7) is 6.17. The lowest BCUT2D eigenvalue weighted by Gasteiger charge is -2.25. The molecule has 116 valence electrons. The van der Waals surface area contributed by atoms with Crippen LogP contribution in [0.4, 0.5) is 8.78 Å². The summed E-state index contributed by atoms with van der Waals surface area (Å²) < 4.78 is 27.1. The Morgan fingerprint density at radius 1 is 1.33 bits per heavy atom. The standard InChI is InChI=1S/C15H20F2N2OS/c1-9(2)8-19(5-4-14(18)21)15(20)11-6-10(3)12(16)7-13(11)17/h6-7,9H,4-5,8H2,1-3H3,(H2,18,21). The molecule has 1 rings (SSSR count). The molecule has 0 fully saturated rings. The Morgan fingerprint density at radius 2 is 1.95 bits per heavy atom. The molecule has 1 aromatic rings. The van der Waals surface area contributed by atoms with Crippen molar-refractivity contribution in [3.8, 4) is 0 Å². The third-order valence-corrected chi connectivity index (χ3v) is 3.18. The zero-order chi connectivity index (χ0) is 16.2. The van der Waals surface area contributed by atoms with Gasteiger partial charge >= 0.3 is 0 Å². The van der Waals surface area contributed by atoms with Crippen LogP contribution in [0.15, 0.2) is 12.1 Å². The average Bonchev–Trinajstić information content (AvgIpc) is 2.37. The van der Waals surface area contributed by atoms with Crippen molar-refractivity contribution in [2.45, 2.75) is 27.2 Å². The van der Waals surface area contributed by atoms with Gasteiger partial charge in [0.15, 0.2) is 0 Å². The number of benzene rings is 1. The largest absolute Gasteiger partial charge is 0.393 e. The molecule has 0 aliphatic carbocycles. The van der Waals surface area contributed by atoms with Gasteiger partial charge in [-0.15, -0.1) is 0 Å². The molecule has 0 saturated carbocycles. The highest BCUT2D eigenvalue weighted by Gasteiger charge is 2.21. The molecule has 0 saturated heterocycles. The van der Waals surface area contributed by atoms with Crippen LogP contribution in [0.1, 0.15) is 36.2 Å². The Morgan fingerprint density at radius 3 is 2.48 bits per heavy atom. The van der Waals surface area contributed by atoms with E-state index in [1.807, 2.05) is 13.8 Å². The van der Waals surface area contributed by atoms with E-state index >= 15 is 0 Å². The first-order valence-corrected chi connectivity index (χ1v) is 7.16. The van der Waals surface area contributed by atoms with Crippen molar-refractivity contribution < 1.29 is 13.6 Å². The number of rotatable bonds is 6. The summed E-state index contributed by atoms with van der Waals surface area (Å²) in [5.74, 6) is -1.78. The van der Waals surface area contributed by atoms with Gasteiger partial charge in [-0.3, -0.25) is 4.79 Å². The fourth-order valence-corrected chi connectivity index (χ4v) is 2.04. The van der Waals surface area contributed by atoms with E-state index in [-0.39, 0.29) is 17.0 Å². The average molecular weight is 314 g/mol. The summed E-state index contributed by atoms with van der Waals surface area (Å²) in [4.78, 5) is 14.3. The molecule has 0 aliphatic heterocycles. The summed E-state index contributed by atoms with van der Waals surface area (Å²) in [6.07, 6.45) is 0.371. The predicted molar refractivity (Wildman–Crippen MR) is 83.2 cm³/mol. The van der Waals surface area contributed by atoms with Crippen molar-refractivity contribution >= 4 is 23.1 Å². The van der Waals surface area contributed by atoms with Crippen molar-refractivity contribution in [3.05, 3.63) is 34.9 Å². The second-order valence-electron chi connectivity index (χ2n) is 5.44. The van der Waals surface area contributed by atoms with Crippen LogP contribution < -0.4 is 5.73 Å². The van der Waals surface area contributed by atoms with Gasteiger partial charge in [0.05, 0.1) is 10.6 Å². The molecule has 0 bridgehead atoms. The second-order valence-corrected chi connectivity index (χ2v) is 5.97. The molecule has 0 radical (unpaired) electrons. The summed E-state index contributed by atoms with van der Waals surface area (Å²) in [7, 11) is 0. The molecule has 0 aliphatic rings. The topological polar surface area (TPSA) is 46.3 Å². The molecule has 0 unspecified atom stereocenters. The number of carbonyl (C=O) groups is 1. The van der Waals surface area contributed by atoms with Gasteiger partial charge in [-0.2, -0.15) is 0 Å². The van der Waals surface area contributed by atoms with Crippen molar-refractivity contribution in [1.82, 2.24) is 4.90 Å². The Labute approximate surface area is 129 Å². The summed E-state index contributed by atoms with van der Waals surface area (Å²) >= 11 is 4.81. The number of hydrogen-bond acceptors (Lipinski definition) is 2. The molecular weight excluding hydrogens is 294 g/mol. The first-order chi connectivity index (χ1) is 9.72. The van der Waals surface area contributed by atoms with Crippen molar-refractivity contribution in [2.75, 3.05) is 13.1 Å². The lowest BCUT2D eigenvalue weighted by Crippen LogP contribution is -2.37. The molecule has 0 aromatic heterocycles. The summed E-state index contributed by atoms with van der Waals surface area (Å²) in [5, 5.41) is 0. The minimum atomic E-state index is -0.854. The van der Waals surface area contributed by atoms with E-state index in [2.05, 4.69) is 0 Å². The first kappa shape index (κ1) is 17.5. The molecule has 3 nitrogen and oxygen atoms in total. The molecular formula is C15H20F2N2OS. The molecule has 0 atom stereocenters. The van der Waals surface area contributed by atoms with Crippen molar-refractivity contribution in [3.63, 3.8) is 0 Å². The third-order valence-electron chi connectivity index (χ3n) is 2.98. The van der Waals surface area contributed by atoms with Gasteiger partial charge in [-0.25, -0.2) is 8.78 Å². The van der Waals surface area contributed by atoms with Crippen LogP contribution in [-0.2, 0) is 0 Å². The molecule has 1 aromatic carbocycles. The van der Waals surface area contributed by atoms with Crippen LogP contribution in [0.3, 0.4) is 0 Å². The normalized spacial score (nSPS) is 10.8. The number of aryl methyl sites for hydroxylation is 1. The summed E-state index contributed by atoms with van der Waals surface area (Å²) in [5.41, 5.74) is 5.56. The number of thiocarbonyl (C=S) groups is 1. The van der Waals surface area contributed by atoms with E-state index in [4.69, 9.17) is 18.0 Å². The number of halogens is 2. The number of amides is 1. The van der Waals surface area contributed by atoms with Crippen LogP contribution >= 0.6 is 12.2 Å². The second kappa shape index (κ2) is 7.45. The number of nitrogens with two attached hydrogens (primary N) is 1. The first-order valence-electron chi connectivity index (χ1n) is 6.75. The fraction of sp³-hybridized carbons (Fsp3) is 0.467. The van der Waals surface area contributed by atoms with Gasteiger partial charge in [-0.05, 0) is 24.5 Å². The van der Waals surface area contributed by atoms with E-state index in [9.17, 15) is 13.6 Å². The van der Waals surface area contributed by atoms with Crippen molar-refractivity contribution in [2.24, 2.45) is 11.7 Å². The monoisotopic (exact) mass is 314 g/mol. The third kappa shape index (κ3) is 5.04. The molecule has 0 heterocycles. The van der Waals surface area contributed by atoms with Gasteiger partial charge in [0.25, 0.3) is 5.91 Å². The lowest BCUT2D eigenvalue weighted by atomic mass is 10.1. The smallest absolute Gasteiger partial charge is 0.256 e. The Bertz CT molecular complexity index is 547. The maximum atomic E-state index is 13.8. The lowest BCUT2D eigenvalue weighted by molar-refractivity contribution is 0.0736. The Kier molecular flexibility index (Phi) is 6.20. The zero-order valence-electron chi connectivity index (χ0n) is 12.5. The van der Waals surface area contributed by atoms with E-state index in [0.717, 1.165) is 6.07 Å². The maximum Gasteiger partial charge on any atom is 0.256 e. The van der Waals surface area contributed by atoms with Gasteiger partial charge in [0, 0.05) is 25.6 Å². The Balaban J connectivity index is 3.03. The highest BCUT2D eigenvalue weighted by atomic mass is 32.1. The highest BCUT2D eigenvalue weighted by molar-refractivity contribution is 7.80. The SMILES string of the molecule is Cc1cc(C(=O)N(CCC(N)=S)CC(C)C)c(F)cc1F. The molecule has 6 heteroatoms. The Hall–Kier alpha value is -1.56. The van der Waals surface area contributed by atoms with E-state index < -0.39 is 17.5 Å². The number of hydrogen-bond donors (Lipinski definition) is 1. The van der Waals surface area contributed by atoms with E-state index in [1.165, 1.54) is 17.9 Å². The number of nitrogens with zero attached hydrogens (tertiary/aromatic N) is 1. The molecule has 0 spiro atoms. The minimum absolute atomic E-state index is 0.127. The van der Waals surface area contributed by atoms with Crippen LogP contribution in [0.2, 0.25) is 0 Å². The highest BCUT2D eigenvalue weighted by Crippen LogP contribution is 2.17. The molecule has 21 heavy (non-hydrogen) atoms.